The molecule has 0 fully saturated rings. The van der Waals surface area contributed by atoms with Crippen LogP contribution < -0.4 is 0 Å². The van der Waals surface area contributed by atoms with Crippen molar-refractivity contribution < 1.29 is 17.7 Å². The lowest BCUT2D eigenvalue weighted by atomic mass is 10.2. The third-order valence-electron chi connectivity index (χ3n) is 3.21. The number of rotatable bonds is 2. The summed E-state index contributed by atoms with van der Waals surface area (Å²) in [6.07, 6.45) is -2.86. The van der Waals surface area contributed by atoms with Gasteiger partial charge >= 0.3 is 6.18 Å². The highest BCUT2D eigenvalue weighted by molar-refractivity contribution is 7.91. The van der Waals surface area contributed by atoms with Crippen molar-refractivity contribution in [1.29, 1.82) is 0 Å². The molecule has 2 nitrogen and oxygen atoms in total. The van der Waals surface area contributed by atoms with Gasteiger partial charge in [0.05, 0.1) is 10.9 Å². The van der Waals surface area contributed by atoms with Crippen LogP contribution in [0.3, 0.4) is 0 Å². The zero-order chi connectivity index (χ0) is 15.7. The summed E-state index contributed by atoms with van der Waals surface area (Å²) < 4.78 is 50.3. The van der Waals surface area contributed by atoms with Crippen molar-refractivity contribution in [2.45, 2.75) is 16.1 Å². The summed E-state index contributed by atoms with van der Waals surface area (Å²) in [5, 5.41) is 1.95. The van der Waals surface area contributed by atoms with E-state index in [1.807, 2.05) is 12.1 Å². The predicted molar refractivity (Wildman–Crippen MR) is 77.9 cm³/mol. The minimum atomic E-state index is -4.41. The fourth-order valence-electron chi connectivity index (χ4n) is 2.12. The Bertz CT molecular complexity index is 797. The number of pyridine rings is 1. The van der Waals surface area contributed by atoms with Crippen LogP contribution in [-0.2, 0) is 17.4 Å². The van der Waals surface area contributed by atoms with Crippen LogP contribution >= 0.6 is 0 Å². The molecule has 0 spiro atoms. The van der Waals surface area contributed by atoms with Gasteiger partial charge in [0.2, 0.25) is 0 Å². The highest BCUT2D eigenvalue weighted by atomic mass is 32.2. The van der Waals surface area contributed by atoms with Gasteiger partial charge < -0.3 is 4.55 Å². The van der Waals surface area contributed by atoms with Crippen molar-refractivity contribution in [1.82, 2.24) is 4.98 Å². The maximum absolute atomic E-state index is 12.6. The van der Waals surface area contributed by atoms with Crippen LogP contribution in [0.15, 0.2) is 70.7 Å². The van der Waals surface area contributed by atoms with Gasteiger partial charge in [0.1, 0.15) is 0 Å². The van der Waals surface area contributed by atoms with Crippen molar-refractivity contribution in [3.8, 4) is 0 Å². The zero-order valence-corrected chi connectivity index (χ0v) is 12.0. The Hall–Kier alpha value is -2.05. The van der Waals surface area contributed by atoms with Crippen molar-refractivity contribution in [2.75, 3.05) is 0 Å². The van der Waals surface area contributed by atoms with E-state index in [0.717, 1.165) is 22.9 Å². The third kappa shape index (κ3) is 2.80. The summed E-state index contributed by atoms with van der Waals surface area (Å²) >= 11 is -1.63. The number of nitrogens with zero attached hydrogens (tertiary/aromatic N) is 1. The molecule has 0 N–H and O–H groups in total. The number of halogens is 3. The predicted octanol–water partition coefficient (Wildman–Crippen LogP) is 4.42. The molecule has 22 heavy (non-hydrogen) atoms. The molecule has 3 aromatic rings. The monoisotopic (exact) mass is 321 g/mol. The molecular weight excluding hydrogens is 311 g/mol. The van der Waals surface area contributed by atoms with Crippen molar-refractivity contribution in [2.24, 2.45) is 0 Å². The topological polar surface area (TPSA) is 36.0 Å². The maximum atomic E-state index is 12.6. The van der Waals surface area contributed by atoms with Crippen molar-refractivity contribution >= 4 is 21.9 Å². The molecule has 2 aromatic carbocycles. The maximum Gasteiger partial charge on any atom is 0.416 e. The lowest BCUT2D eigenvalue weighted by molar-refractivity contribution is -0.137. The van der Waals surface area contributed by atoms with Gasteiger partial charge in [-0.2, -0.15) is 13.2 Å². The lowest BCUT2D eigenvalue weighted by Gasteiger charge is -2.12. The number of fused-ring (bicyclic) bond motifs is 1. The van der Waals surface area contributed by atoms with E-state index < -0.39 is 22.9 Å². The second-order valence-electron chi connectivity index (χ2n) is 4.63. The third-order valence-corrected chi connectivity index (χ3v) is 4.59. The Morgan fingerprint density at radius 1 is 0.909 bits per heavy atom. The minimum absolute atomic E-state index is 0.289. The first-order valence-corrected chi connectivity index (χ1v) is 7.54. The van der Waals surface area contributed by atoms with Crippen molar-refractivity contribution in [3.63, 3.8) is 0 Å². The summed E-state index contributed by atoms with van der Waals surface area (Å²) in [7, 11) is 0. The Labute approximate surface area is 127 Å². The summed E-state index contributed by atoms with van der Waals surface area (Å²) in [5.74, 6) is 0. The molecule has 0 aliphatic heterocycles. The van der Waals surface area contributed by atoms with Gasteiger partial charge in [-0.25, -0.2) is 4.98 Å². The highest BCUT2D eigenvalue weighted by Crippen LogP contribution is 2.31. The molecule has 0 aliphatic carbocycles. The van der Waals surface area contributed by atoms with Crippen LogP contribution in [0.2, 0.25) is 0 Å². The smallest absolute Gasteiger partial charge is 0.416 e. The molecule has 0 bridgehead atoms. The number of alkyl halides is 3. The normalized spacial score (nSPS) is 13.3. The molecule has 1 atom stereocenters. The molecule has 6 heteroatoms. The molecule has 3 rings (SSSR count). The van der Waals surface area contributed by atoms with E-state index in [-0.39, 0.29) is 4.90 Å². The van der Waals surface area contributed by atoms with Gasteiger partial charge in [0.15, 0.2) is 4.90 Å². The van der Waals surface area contributed by atoms with Crippen LogP contribution in [0.5, 0.6) is 0 Å². The number of benzene rings is 2. The quantitative estimate of drug-likeness (QED) is 0.655. The Balaban J connectivity index is 2.01. The molecule has 0 aliphatic rings. The Morgan fingerprint density at radius 2 is 1.59 bits per heavy atom. The molecule has 0 radical (unpaired) electrons. The lowest BCUT2D eigenvalue weighted by Crippen LogP contribution is -2.08. The largest absolute Gasteiger partial charge is 0.605 e. The van der Waals surface area contributed by atoms with E-state index in [9.17, 15) is 17.7 Å². The van der Waals surface area contributed by atoms with Gasteiger partial charge in [-0.15, -0.1) is 0 Å². The Morgan fingerprint density at radius 3 is 2.27 bits per heavy atom. The number of aromatic nitrogens is 1. The molecule has 1 heterocycles. The van der Waals surface area contributed by atoms with Crippen LogP contribution in [0.25, 0.3) is 10.8 Å². The fourth-order valence-corrected chi connectivity index (χ4v) is 3.27. The zero-order valence-electron chi connectivity index (χ0n) is 11.2. The van der Waals surface area contributed by atoms with E-state index in [2.05, 4.69) is 4.98 Å². The van der Waals surface area contributed by atoms with E-state index in [1.54, 1.807) is 24.4 Å². The SMILES string of the molecule is [O-][S+](c1ccc(C(F)(F)F)cc1)c1nccc2ccccc12. The van der Waals surface area contributed by atoms with Crippen LogP contribution in [-0.4, -0.2) is 9.54 Å². The molecule has 112 valence electrons. The average Bonchev–Trinajstić information content (AvgIpc) is 2.53. The van der Waals surface area contributed by atoms with Gasteiger partial charge in [-0.05, 0) is 41.8 Å². The van der Waals surface area contributed by atoms with E-state index in [0.29, 0.717) is 5.03 Å². The van der Waals surface area contributed by atoms with Crippen LogP contribution in [0.1, 0.15) is 5.56 Å². The van der Waals surface area contributed by atoms with Crippen molar-refractivity contribution in [3.05, 3.63) is 66.4 Å². The molecule has 1 unspecified atom stereocenters. The number of hydrogen-bond donors (Lipinski definition) is 0. The molecule has 1 aromatic heterocycles. The summed E-state index contributed by atoms with van der Waals surface area (Å²) in [5.41, 5.74) is -0.765. The number of hydrogen-bond acceptors (Lipinski definition) is 2. The van der Waals surface area contributed by atoms with E-state index in [1.165, 1.54) is 12.1 Å². The first-order chi connectivity index (χ1) is 10.5. The summed E-state index contributed by atoms with van der Waals surface area (Å²) in [4.78, 5) is 4.42. The van der Waals surface area contributed by atoms with Gasteiger partial charge in [-0.3, -0.25) is 0 Å². The second kappa shape index (κ2) is 5.62. The minimum Gasteiger partial charge on any atom is -0.605 e. The van der Waals surface area contributed by atoms with Crippen LogP contribution in [0, 0.1) is 0 Å². The highest BCUT2D eigenvalue weighted by Gasteiger charge is 2.31. The van der Waals surface area contributed by atoms with Crippen LogP contribution in [0.4, 0.5) is 13.2 Å². The first kappa shape index (κ1) is 14.9. The average molecular weight is 321 g/mol. The molecule has 0 amide bonds. The molecule has 0 saturated carbocycles. The first-order valence-electron chi connectivity index (χ1n) is 6.39. The van der Waals surface area contributed by atoms with E-state index in [4.69, 9.17) is 0 Å². The summed E-state index contributed by atoms with van der Waals surface area (Å²) in [6, 6.07) is 13.4. The Kier molecular flexibility index (Phi) is 3.80. The fraction of sp³-hybridized carbons (Fsp3) is 0.0625. The van der Waals surface area contributed by atoms with Gasteiger partial charge in [0.25, 0.3) is 5.03 Å². The standard InChI is InChI=1S/C16H10F3NOS/c17-16(18,19)12-5-7-13(8-6-12)22(21)15-14-4-2-1-3-11(14)9-10-20-15/h1-10H. The van der Waals surface area contributed by atoms with E-state index >= 15 is 0 Å². The molecular formula is C16H10F3NOS. The van der Waals surface area contributed by atoms with Gasteiger partial charge in [-0.1, -0.05) is 18.2 Å². The summed E-state index contributed by atoms with van der Waals surface area (Å²) in [6.45, 7) is 0. The van der Waals surface area contributed by atoms with Gasteiger partial charge in [0, 0.05) is 17.4 Å². The second-order valence-corrected chi connectivity index (χ2v) is 6.02. The molecule has 0 saturated heterocycles.